The SMILES string of the molecule is NC(=O)C1CCCc2cccc(N)c21. The van der Waals surface area contributed by atoms with Gasteiger partial charge < -0.3 is 11.5 Å². The molecule has 0 aromatic heterocycles. The maximum atomic E-state index is 11.2. The van der Waals surface area contributed by atoms with Crippen LogP contribution in [-0.2, 0) is 11.2 Å². The first-order chi connectivity index (χ1) is 6.70. The Bertz CT molecular complexity index is 374. The topological polar surface area (TPSA) is 69.1 Å². The van der Waals surface area contributed by atoms with Gasteiger partial charge in [0.15, 0.2) is 0 Å². The van der Waals surface area contributed by atoms with Crippen molar-refractivity contribution in [3.63, 3.8) is 0 Å². The molecule has 0 aliphatic heterocycles. The van der Waals surface area contributed by atoms with Gasteiger partial charge in [-0.15, -0.1) is 0 Å². The van der Waals surface area contributed by atoms with Gasteiger partial charge in [0.2, 0.25) is 5.91 Å². The van der Waals surface area contributed by atoms with Crippen LogP contribution in [0.25, 0.3) is 0 Å². The van der Waals surface area contributed by atoms with Crippen molar-refractivity contribution < 1.29 is 4.79 Å². The maximum absolute atomic E-state index is 11.2. The van der Waals surface area contributed by atoms with Gasteiger partial charge in [0, 0.05) is 5.69 Å². The molecular formula is C11H14N2O. The van der Waals surface area contributed by atoms with E-state index in [4.69, 9.17) is 11.5 Å². The molecule has 0 saturated carbocycles. The number of anilines is 1. The van der Waals surface area contributed by atoms with Crippen LogP contribution >= 0.6 is 0 Å². The minimum absolute atomic E-state index is 0.181. The number of primary amides is 1. The Morgan fingerprint density at radius 2 is 2.21 bits per heavy atom. The van der Waals surface area contributed by atoms with Gasteiger partial charge >= 0.3 is 0 Å². The fourth-order valence-electron chi connectivity index (χ4n) is 2.20. The lowest BCUT2D eigenvalue weighted by Crippen LogP contribution is -2.26. The molecule has 14 heavy (non-hydrogen) atoms. The highest BCUT2D eigenvalue weighted by Gasteiger charge is 2.26. The summed E-state index contributed by atoms with van der Waals surface area (Å²) in [5, 5.41) is 0. The molecule has 1 aromatic rings. The van der Waals surface area contributed by atoms with E-state index in [0.29, 0.717) is 5.69 Å². The molecule has 0 radical (unpaired) electrons. The van der Waals surface area contributed by atoms with E-state index < -0.39 is 0 Å². The Morgan fingerprint density at radius 3 is 2.93 bits per heavy atom. The first kappa shape index (κ1) is 9.06. The Balaban J connectivity index is 2.52. The van der Waals surface area contributed by atoms with Crippen molar-refractivity contribution in [2.45, 2.75) is 25.2 Å². The van der Waals surface area contributed by atoms with E-state index in [1.54, 1.807) is 0 Å². The predicted octanol–water partition coefficient (Wildman–Crippen LogP) is 1.17. The maximum Gasteiger partial charge on any atom is 0.225 e. The number of carbonyl (C=O) groups is 1. The quantitative estimate of drug-likeness (QED) is 0.653. The number of rotatable bonds is 1. The van der Waals surface area contributed by atoms with Gasteiger partial charge in [0.25, 0.3) is 0 Å². The van der Waals surface area contributed by atoms with Crippen molar-refractivity contribution >= 4 is 11.6 Å². The highest BCUT2D eigenvalue weighted by molar-refractivity contribution is 5.84. The molecule has 0 saturated heterocycles. The lowest BCUT2D eigenvalue weighted by atomic mass is 9.81. The average molecular weight is 190 g/mol. The van der Waals surface area contributed by atoms with Crippen LogP contribution in [0.4, 0.5) is 5.69 Å². The summed E-state index contributed by atoms with van der Waals surface area (Å²) >= 11 is 0. The number of benzene rings is 1. The third-order valence-corrected chi connectivity index (χ3v) is 2.86. The Kier molecular flexibility index (Phi) is 2.15. The summed E-state index contributed by atoms with van der Waals surface area (Å²) in [5.74, 6) is -0.441. The number of fused-ring (bicyclic) bond motifs is 1. The van der Waals surface area contributed by atoms with Crippen molar-refractivity contribution in [1.29, 1.82) is 0 Å². The van der Waals surface area contributed by atoms with E-state index in [1.807, 2.05) is 18.2 Å². The van der Waals surface area contributed by atoms with E-state index >= 15 is 0 Å². The van der Waals surface area contributed by atoms with Crippen LogP contribution in [0.2, 0.25) is 0 Å². The molecule has 1 aliphatic rings. The third-order valence-electron chi connectivity index (χ3n) is 2.86. The number of amides is 1. The van der Waals surface area contributed by atoms with Crippen LogP contribution in [0.5, 0.6) is 0 Å². The molecule has 1 aliphatic carbocycles. The Labute approximate surface area is 83.1 Å². The fraction of sp³-hybridized carbons (Fsp3) is 0.364. The van der Waals surface area contributed by atoms with Gasteiger partial charge in [0.05, 0.1) is 5.92 Å². The zero-order chi connectivity index (χ0) is 10.1. The summed E-state index contributed by atoms with van der Waals surface area (Å²) in [6, 6.07) is 5.79. The van der Waals surface area contributed by atoms with Crippen LogP contribution in [-0.4, -0.2) is 5.91 Å². The molecule has 74 valence electrons. The molecule has 4 N–H and O–H groups in total. The molecule has 0 bridgehead atoms. The Hall–Kier alpha value is -1.51. The monoisotopic (exact) mass is 190 g/mol. The number of aryl methyl sites for hydroxylation is 1. The summed E-state index contributed by atoms with van der Waals surface area (Å²) in [7, 11) is 0. The zero-order valence-corrected chi connectivity index (χ0v) is 7.99. The molecule has 0 spiro atoms. The van der Waals surface area contributed by atoms with Crippen molar-refractivity contribution in [3.8, 4) is 0 Å². The van der Waals surface area contributed by atoms with Crippen molar-refractivity contribution in [3.05, 3.63) is 29.3 Å². The van der Waals surface area contributed by atoms with Crippen LogP contribution in [0.1, 0.15) is 29.9 Å². The van der Waals surface area contributed by atoms with Gasteiger partial charge in [0.1, 0.15) is 0 Å². The second kappa shape index (κ2) is 3.33. The number of hydrogen-bond acceptors (Lipinski definition) is 2. The highest BCUT2D eigenvalue weighted by atomic mass is 16.1. The first-order valence-electron chi connectivity index (χ1n) is 4.86. The minimum atomic E-state index is -0.260. The molecule has 3 nitrogen and oxygen atoms in total. The van der Waals surface area contributed by atoms with Crippen molar-refractivity contribution in [1.82, 2.24) is 0 Å². The Morgan fingerprint density at radius 1 is 1.43 bits per heavy atom. The standard InChI is InChI=1S/C11H14N2O/c12-9-6-2-4-7-3-1-5-8(10(7)9)11(13)14/h2,4,6,8H,1,3,5,12H2,(H2,13,14). The minimum Gasteiger partial charge on any atom is -0.398 e. The largest absolute Gasteiger partial charge is 0.398 e. The fourth-order valence-corrected chi connectivity index (χ4v) is 2.20. The summed E-state index contributed by atoms with van der Waals surface area (Å²) in [5.41, 5.74) is 14.1. The molecular weight excluding hydrogens is 176 g/mol. The third kappa shape index (κ3) is 1.35. The van der Waals surface area contributed by atoms with Crippen molar-refractivity contribution in [2.75, 3.05) is 5.73 Å². The molecule has 1 atom stereocenters. The van der Waals surface area contributed by atoms with Crippen molar-refractivity contribution in [2.24, 2.45) is 5.73 Å². The van der Waals surface area contributed by atoms with E-state index in [1.165, 1.54) is 5.56 Å². The number of hydrogen-bond donors (Lipinski definition) is 2. The van der Waals surface area contributed by atoms with Crippen LogP contribution in [0.15, 0.2) is 18.2 Å². The molecule has 1 aromatic carbocycles. The van der Waals surface area contributed by atoms with E-state index in [0.717, 1.165) is 24.8 Å². The predicted molar refractivity (Wildman–Crippen MR) is 55.7 cm³/mol. The smallest absolute Gasteiger partial charge is 0.225 e. The molecule has 1 unspecified atom stereocenters. The van der Waals surface area contributed by atoms with Gasteiger partial charge in [-0.05, 0) is 36.5 Å². The van der Waals surface area contributed by atoms with Gasteiger partial charge in [-0.3, -0.25) is 4.79 Å². The van der Waals surface area contributed by atoms with Crippen LogP contribution < -0.4 is 11.5 Å². The summed E-state index contributed by atoms with van der Waals surface area (Å²) in [6.07, 6.45) is 2.85. The highest BCUT2D eigenvalue weighted by Crippen LogP contribution is 2.34. The van der Waals surface area contributed by atoms with E-state index in [-0.39, 0.29) is 11.8 Å². The van der Waals surface area contributed by atoms with Gasteiger partial charge in [-0.1, -0.05) is 12.1 Å². The molecule has 0 fully saturated rings. The lowest BCUT2D eigenvalue weighted by Gasteiger charge is -2.24. The second-order valence-corrected chi connectivity index (χ2v) is 3.77. The molecule has 1 amide bonds. The first-order valence-corrected chi connectivity index (χ1v) is 4.86. The molecule has 0 heterocycles. The number of carbonyl (C=O) groups excluding carboxylic acids is 1. The molecule has 2 rings (SSSR count). The summed E-state index contributed by atoms with van der Waals surface area (Å²) in [6.45, 7) is 0. The lowest BCUT2D eigenvalue weighted by molar-refractivity contribution is -0.119. The second-order valence-electron chi connectivity index (χ2n) is 3.77. The zero-order valence-electron chi connectivity index (χ0n) is 7.99. The van der Waals surface area contributed by atoms with Crippen LogP contribution in [0, 0.1) is 0 Å². The average Bonchev–Trinajstić information content (AvgIpc) is 2.17. The number of nitrogen functional groups attached to an aromatic ring is 1. The van der Waals surface area contributed by atoms with Gasteiger partial charge in [-0.2, -0.15) is 0 Å². The molecule has 3 heteroatoms. The normalized spacial score (nSPS) is 20.1. The summed E-state index contributed by atoms with van der Waals surface area (Å²) < 4.78 is 0. The van der Waals surface area contributed by atoms with E-state index in [2.05, 4.69) is 0 Å². The van der Waals surface area contributed by atoms with E-state index in [9.17, 15) is 4.79 Å². The summed E-state index contributed by atoms with van der Waals surface area (Å²) in [4.78, 5) is 11.2. The van der Waals surface area contributed by atoms with Gasteiger partial charge in [-0.25, -0.2) is 0 Å². The number of nitrogens with two attached hydrogens (primary N) is 2. The van der Waals surface area contributed by atoms with Crippen LogP contribution in [0.3, 0.4) is 0 Å².